The van der Waals surface area contributed by atoms with Crippen LogP contribution in [0.4, 0.5) is 0 Å². The molecule has 39 heavy (non-hydrogen) atoms. The van der Waals surface area contributed by atoms with Crippen molar-refractivity contribution in [2.24, 2.45) is 0 Å². The van der Waals surface area contributed by atoms with Crippen LogP contribution in [0.5, 0.6) is 0 Å². The van der Waals surface area contributed by atoms with E-state index in [9.17, 15) is 0 Å². The van der Waals surface area contributed by atoms with Crippen LogP contribution >= 0.6 is 23.1 Å². The van der Waals surface area contributed by atoms with Crippen molar-refractivity contribution in [2.75, 3.05) is 0 Å². The third-order valence-corrected chi connectivity index (χ3v) is 10.8. The van der Waals surface area contributed by atoms with Crippen LogP contribution in [0.1, 0.15) is 17.0 Å². The van der Waals surface area contributed by atoms with Gasteiger partial charge >= 0.3 is 0 Å². The maximum atomic E-state index is 2.48. The zero-order valence-corrected chi connectivity index (χ0v) is 22.7. The molecule has 2 atom stereocenters. The molecule has 0 saturated heterocycles. The number of aromatic nitrogens is 1. The molecule has 0 bridgehead atoms. The van der Waals surface area contributed by atoms with Gasteiger partial charge < -0.3 is 4.57 Å². The van der Waals surface area contributed by atoms with Gasteiger partial charge in [0.25, 0.3) is 0 Å². The van der Waals surface area contributed by atoms with Crippen LogP contribution in [-0.4, -0.2) is 9.82 Å². The summed E-state index contributed by atoms with van der Waals surface area (Å²) in [5, 5.41) is 5.76. The Morgan fingerprint density at radius 1 is 0.615 bits per heavy atom. The molecule has 0 fully saturated rings. The molecular weight excluding hydrogens is 511 g/mol. The lowest BCUT2D eigenvalue weighted by Gasteiger charge is -2.19. The van der Waals surface area contributed by atoms with Crippen molar-refractivity contribution in [1.29, 1.82) is 0 Å². The molecule has 9 rings (SSSR count). The van der Waals surface area contributed by atoms with E-state index in [1.54, 1.807) is 0 Å². The normalized spacial score (nSPS) is 18.2. The highest BCUT2D eigenvalue weighted by molar-refractivity contribution is 8.00. The van der Waals surface area contributed by atoms with Crippen molar-refractivity contribution in [1.82, 2.24) is 4.57 Å². The molecule has 0 spiro atoms. The molecule has 1 nitrogen and oxygen atoms in total. The predicted molar refractivity (Wildman–Crippen MR) is 170 cm³/mol. The van der Waals surface area contributed by atoms with Gasteiger partial charge in [0, 0.05) is 52.7 Å². The molecule has 3 heterocycles. The van der Waals surface area contributed by atoms with Crippen molar-refractivity contribution < 1.29 is 0 Å². The summed E-state index contributed by atoms with van der Waals surface area (Å²) in [4.78, 5) is 1.42. The average molecular weight is 534 g/mol. The SMILES string of the molecule is C1=CC2c3ccccc3SC2C=C1c1ccc2c(c1)sc1cc(-n3c4ccccc4c4ccccc43)ccc12. The number of allylic oxidation sites excluding steroid dienone is 3. The number of thiophene rings is 1. The number of para-hydroxylation sites is 2. The number of benzene rings is 5. The second kappa shape index (κ2) is 8.22. The standard InChI is InChI=1S/C36H23NS2/c1-4-10-31-25(7-1)26-8-2-5-11-32(26)37(31)24-15-18-30-29-17-14-23(20-35(29)39-36(30)21-24)22-13-16-28-27-9-3-6-12-33(27)38-34(28)19-22/h1-21,28,34H. The largest absolute Gasteiger partial charge is 0.309 e. The van der Waals surface area contributed by atoms with Gasteiger partial charge in [-0.2, -0.15) is 0 Å². The molecule has 0 saturated carbocycles. The monoisotopic (exact) mass is 533 g/mol. The molecule has 0 radical (unpaired) electrons. The smallest absolute Gasteiger partial charge is 0.0541 e. The number of nitrogens with zero attached hydrogens (tertiary/aromatic N) is 1. The Morgan fingerprint density at radius 2 is 1.31 bits per heavy atom. The summed E-state index contributed by atoms with van der Waals surface area (Å²) in [7, 11) is 0. The molecule has 3 heteroatoms. The summed E-state index contributed by atoms with van der Waals surface area (Å²) in [6.07, 6.45) is 7.22. The minimum Gasteiger partial charge on any atom is -0.309 e. The first-order chi connectivity index (χ1) is 19.3. The van der Waals surface area contributed by atoms with Gasteiger partial charge in [-0.25, -0.2) is 0 Å². The van der Waals surface area contributed by atoms with E-state index in [0.717, 1.165) is 0 Å². The molecule has 7 aromatic rings. The summed E-state index contributed by atoms with van der Waals surface area (Å²) >= 11 is 3.90. The Balaban J connectivity index is 1.14. The van der Waals surface area contributed by atoms with E-state index >= 15 is 0 Å². The van der Waals surface area contributed by atoms with E-state index in [1.807, 2.05) is 23.1 Å². The summed E-state index contributed by atoms with van der Waals surface area (Å²) in [6, 6.07) is 40.3. The Hall–Kier alpha value is -4.05. The number of thioether (sulfide) groups is 1. The van der Waals surface area contributed by atoms with Gasteiger partial charge in [-0.3, -0.25) is 0 Å². The highest BCUT2D eigenvalue weighted by Gasteiger charge is 2.32. The van der Waals surface area contributed by atoms with Crippen LogP contribution in [0.3, 0.4) is 0 Å². The fourth-order valence-corrected chi connectivity index (χ4v) is 9.10. The first-order valence-corrected chi connectivity index (χ1v) is 15.1. The highest BCUT2D eigenvalue weighted by Crippen LogP contribution is 2.49. The summed E-state index contributed by atoms with van der Waals surface area (Å²) in [5.74, 6) is 0.488. The van der Waals surface area contributed by atoms with E-state index in [0.29, 0.717) is 11.2 Å². The van der Waals surface area contributed by atoms with Crippen LogP contribution < -0.4 is 0 Å². The van der Waals surface area contributed by atoms with Crippen molar-refractivity contribution >= 4 is 70.6 Å². The summed E-state index contributed by atoms with van der Waals surface area (Å²) in [5.41, 5.74) is 7.83. The number of hydrogen-bond donors (Lipinski definition) is 0. The Morgan fingerprint density at radius 3 is 2.13 bits per heavy atom. The lowest BCUT2D eigenvalue weighted by Crippen LogP contribution is -2.08. The summed E-state index contributed by atoms with van der Waals surface area (Å²) < 4.78 is 5.09. The topological polar surface area (TPSA) is 4.93 Å². The molecule has 1 aliphatic carbocycles. The van der Waals surface area contributed by atoms with Gasteiger partial charge in [-0.05, 0) is 53.1 Å². The van der Waals surface area contributed by atoms with Crippen molar-refractivity contribution in [3.8, 4) is 5.69 Å². The zero-order valence-electron chi connectivity index (χ0n) is 21.0. The maximum Gasteiger partial charge on any atom is 0.0541 e. The second-order valence-electron chi connectivity index (χ2n) is 10.5. The molecule has 2 aliphatic rings. The van der Waals surface area contributed by atoms with Gasteiger partial charge in [0.1, 0.15) is 0 Å². The van der Waals surface area contributed by atoms with Crippen molar-refractivity contribution in [2.45, 2.75) is 16.1 Å². The number of fused-ring (bicyclic) bond motifs is 9. The van der Waals surface area contributed by atoms with E-state index in [4.69, 9.17) is 0 Å². The van der Waals surface area contributed by atoms with Gasteiger partial charge in [0.15, 0.2) is 0 Å². The third-order valence-electron chi connectivity index (χ3n) is 8.35. The first kappa shape index (κ1) is 21.8. The van der Waals surface area contributed by atoms with E-state index in [2.05, 4.69) is 132 Å². The Labute approximate surface area is 234 Å². The average Bonchev–Trinajstić information content (AvgIpc) is 3.65. The van der Waals surface area contributed by atoms with E-state index in [-0.39, 0.29) is 0 Å². The number of rotatable bonds is 2. The first-order valence-electron chi connectivity index (χ1n) is 13.4. The van der Waals surface area contributed by atoms with Crippen molar-refractivity contribution in [3.63, 3.8) is 0 Å². The van der Waals surface area contributed by atoms with Crippen molar-refractivity contribution in [3.05, 3.63) is 139 Å². The molecule has 2 unspecified atom stereocenters. The van der Waals surface area contributed by atoms with E-state index in [1.165, 1.54) is 69.3 Å². The lowest BCUT2D eigenvalue weighted by atomic mass is 9.88. The quantitative estimate of drug-likeness (QED) is 0.214. The van der Waals surface area contributed by atoms with Crippen LogP contribution in [0.25, 0.3) is 53.2 Å². The molecule has 0 amide bonds. The Kier molecular flexibility index (Phi) is 4.60. The molecule has 0 N–H and O–H groups in total. The zero-order chi connectivity index (χ0) is 25.5. The third kappa shape index (κ3) is 3.21. The lowest BCUT2D eigenvalue weighted by molar-refractivity contribution is 0.883. The van der Waals surface area contributed by atoms with Gasteiger partial charge in [-0.1, -0.05) is 91.0 Å². The number of hydrogen-bond acceptors (Lipinski definition) is 2. The maximum absolute atomic E-state index is 2.48. The van der Waals surface area contributed by atoms with Crippen LogP contribution in [0.15, 0.2) is 132 Å². The highest BCUT2D eigenvalue weighted by atomic mass is 32.2. The fraction of sp³-hybridized carbons (Fsp3) is 0.0556. The predicted octanol–water partition coefficient (Wildman–Crippen LogP) is 10.4. The molecule has 2 aromatic heterocycles. The van der Waals surface area contributed by atoms with Gasteiger partial charge in [0.2, 0.25) is 0 Å². The molecule has 5 aromatic carbocycles. The van der Waals surface area contributed by atoms with Crippen LogP contribution in [0, 0.1) is 0 Å². The Bertz CT molecular complexity index is 2120. The second-order valence-corrected chi connectivity index (χ2v) is 12.8. The molecule has 1 aliphatic heterocycles. The van der Waals surface area contributed by atoms with E-state index < -0.39 is 0 Å². The van der Waals surface area contributed by atoms with Gasteiger partial charge in [-0.15, -0.1) is 23.1 Å². The minimum atomic E-state index is 0.481. The summed E-state index contributed by atoms with van der Waals surface area (Å²) in [6.45, 7) is 0. The molecular formula is C36H23NS2. The fourth-order valence-electron chi connectivity index (χ4n) is 6.53. The molecule has 184 valence electrons. The van der Waals surface area contributed by atoms with Gasteiger partial charge in [0.05, 0.1) is 11.0 Å². The van der Waals surface area contributed by atoms with Crippen LogP contribution in [-0.2, 0) is 0 Å². The van der Waals surface area contributed by atoms with Crippen LogP contribution in [0.2, 0.25) is 0 Å². The minimum absolute atomic E-state index is 0.481.